The number of halogens is 3. The number of ether oxygens (including phenoxy) is 1. The second kappa shape index (κ2) is 9.61. The molecule has 0 atom stereocenters. The highest BCUT2D eigenvalue weighted by molar-refractivity contribution is 7.17. The van der Waals surface area contributed by atoms with Crippen molar-refractivity contribution in [2.24, 2.45) is 0 Å². The molecule has 1 heterocycles. The Labute approximate surface area is 190 Å². The van der Waals surface area contributed by atoms with Gasteiger partial charge in [0.2, 0.25) is 14.2 Å². The molecule has 32 heavy (non-hydrogen) atoms. The minimum atomic E-state index is -4.85. The second-order valence-corrected chi connectivity index (χ2v) is 14.4. The predicted octanol–water partition coefficient (Wildman–Crippen LogP) is 5.90. The van der Waals surface area contributed by atoms with Crippen molar-refractivity contribution in [3.05, 3.63) is 40.4 Å². The molecule has 0 fully saturated rings. The number of aromatic nitrogens is 1. The quantitative estimate of drug-likeness (QED) is 0.388. The van der Waals surface area contributed by atoms with Gasteiger partial charge in [-0.2, -0.15) is 13.2 Å². The summed E-state index contributed by atoms with van der Waals surface area (Å²) in [5.74, 6) is -1.05. The van der Waals surface area contributed by atoms with Gasteiger partial charge in [-0.15, -0.1) is 0 Å². The van der Waals surface area contributed by atoms with Crippen LogP contribution in [0.1, 0.15) is 48.6 Å². The average Bonchev–Trinajstić information content (AvgIpc) is 3.05. The summed E-state index contributed by atoms with van der Waals surface area (Å²) in [6, 6.07) is 7.04. The molecule has 0 radical (unpaired) electrons. The Morgan fingerprint density at radius 1 is 1.19 bits per heavy atom. The predicted molar refractivity (Wildman–Crippen MR) is 120 cm³/mol. The number of esters is 1. The minimum absolute atomic E-state index is 0.00194. The lowest BCUT2D eigenvalue weighted by molar-refractivity contribution is -0.141. The molecule has 2 rings (SSSR count). The lowest BCUT2D eigenvalue weighted by Gasteiger charge is -2.36. The summed E-state index contributed by atoms with van der Waals surface area (Å²) in [7, 11) is -2.07. The number of carbonyl (C=O) groups is 2. The maximum absolute atomic E-state index is 13.2. The Bertz CT molecular complexity index is 984. The van der Waals surface area contributed by atoms with Crippen LogP contribution in [0.4, 0.5) is 18.3 Å². The monoisotopic (exact) mass is 488 g/mol. The molecule has 1 amide bonds. The first kappa shape index (κ1) is 25.9. The third-order valence-corrected chi connectivity index (χ3v) is 10.4. The normalized spacial score (nSPS) is 12.4. The van der Waals surface area contributed by atoms with E-state index in [2.05, 4.69) is 48.9 Å². The standard InChI is InChI=1S/C21H27F3N2O4SSi/c1-7-29-18(28)16-17(21(22,23)24)26-19(31-16)25-15(27)12-13-9-8-10-14(11-13)30-32(5,6)20(2,3)4/h8-11H,7,12H2,1-6H3,(H,25,26,27). The van der Waals surface area contributed by atoms with Gasteiger partial charge in [0.05, 0.1) is 13.0 Å². The number of alkyl halides is 3. The molecule has 0 aliphatic carbocycles. The molecule has 0 bridgehead atoms. The van der Waals surface area contributed by atoms with Gasteiger partial charge in [-0.3, -0.25) is 4.79 Å². The van der Waals surface area contributed by atoms with Gasteiger partial charge in [0.1, 0.15) is 10.6 Å². The number of amides is 1. The number of hydrogen-bond acceptors (Lipinski definition) is 6. The minimum Gasteiger partial charge on any atom is -0.543 e. The summed E-state index contributed by atoms with van der Waals surface area (Å²) in [5, 5.41) is 2.02. The van der Waals surface area contributed by atoms with Crippen molar-refractivity contribution in [1.82, 2.24) is 4.98 Å². The first-order chi connectivity index (χ1) is 14.6. The van der Waals surface area contributed by atoms with Gasteiger partial charge in [-0.1, -0.05) is 44.2 Å². The van der Waals surface area contributed by atoms with Crippen molar-refractivity contribution in [3.63, 3.8) is 0 Å². The molecular formula is C21H27F3N2O4SSi. The van der Waals surface area contributed by atoms with Crippen molar-refractivity contribution in [3.8, 4) is 5.75 Å². The van der Waals surface area contributed by atoms with Crippen LogP contribution in [-0.4, -0.2) is 31.8 Å². The van der Waals surface area contributed by atoms with Crippen LogP contribution in [0.5, 0.6) is 5.75 Å². The highest BCUT2D eigenvalue weighted by Crippen LogP contribution is 2.38. The van der Waals surface area contributed by atoms with Gasteiger partial charge in [0, 0.05) is 0 Å². The third-order valence-electron chi connectivity index (χ3n) is 5.05. The molecular weight excluding hydrogens is 461 g/mol. The van der Waals surface area contributed by atoms with Crippen LogP contribution < -0.4 is 9.74 Å². The summed E-state index contributed by atoms with van der Waals surface area (Å²) in [5.41, 5.74) is -0.738. The first-order valence-corrected chi connectivity index (χ1v) is 13.7. The highest BCUT2D eigenvalue weighted by atomic mass is 32.1. The summed E-state index contributed by atoms with van der Waals surface area (Å²) in [6.45, 7) is 12.0. The molecule has 0 unspecified atom stereocenters. The zero-order valence-electron chi connectivity index (χ0n) is 18.8. The van der Waals surface area contributed by atoms with Crippen LogP contribution in [0.25, 0.3) is 0 Å². The van der Waals surface area contributed by atoms with Crippen LogP contribution in [0.15, 0.2) is 24.3 Å². The fourth-order valence-electron chi connectivity index (χ4n) is 2.42. The lowest BCUT2D eigenvalue weighted by Crippen LogP contribution is -2.43. The summed E-state index contributed by atoms with van der Waals surface area (Å²) >= 11 is 0.430. The number of nitrogens with one attached hydrogen (secondary N) is 1. The van der Waals surface area contributed by atoms with Gasteiger partial charge >= 0.3 is 12.1 Å². The number of nitrogens with zero attached hydrogens (tertiary/aromatic N) is 1. The smallest absolute Gasteiger partial charge is 0.435 e. The molecule has 0 spiro atoms. The Kier molecular flexibility index (Phi) is 7.77. The van der Waals surface area contributed by atoms with E-state index in [1.807, 2.05) is 6.07 Å². The van der Waals surface area contributed by atoms with E-state index in [0.29, 0.717) is 22.6 Å². The number of benzene rings is 1. The van der Waals surface area contributed by atoms with Crippen LogP contribution in [0.2, 0.25) is 18.1 Å². The second-order valence-electron chi connectivity index (χ2n) is 8.65. The summed E-state index contributed by atoms with van der Waals surface area (Å²) in [6.07, 6.45) is -4.94. The SMILES string of the molecule is CCOC(=O)c1sc(NC(=O)Cc2cccc(O[Si](C)(C)C(C)(C)C)c2)nc1C(F)(F)F. The first-order valence-electron chi connectivity index (χ1n) is 9.97. The molecule has 1 N–H and O–H groups in total. The largest absolute Gasteiger partial charge is 0.543 e. The van der Waals surface area contributed by atoms with Gasteiger partial charge < -0.3 is 14.5 Å². The Morgan fingerprint density at radius 3 is 2.41 bits per heavy atom. The zero-order valence-corrected chi connectivity index (χ0v) is 20.7. The number of rotatable bonds is 7. The maximum Gasteiger partial charge on any atom is 0.435 e. The topological polar surface area (TPSA) is 77.5 Å². The van der Waals surface area contributed by atoms with Gasteiger partial charge in [0.15, 0.2) is 10.8 Å². The Morgan fingerprint density at radius 2 is 1.84 bits per heavy atom. The molecule has 0 aliphatic rings. The summed E-state index contributed by atoms with van der Waals surface area (Å²) < 4.78 is 50.6. The Hall–Kier alpha value is -2.40. The molecule has 6 nitrogen and oxygen atoms in total. The van der Waals surface area contributed by atoms with E-state index in [-0.39, 0.29) is 23.2 Å². The van der Waals surface area contributed by atoms with E-state index in [1.165, 1.54) is 6.92 Å². The molecule has 1 aromatic heterocycles. The van der Waals surface area contributed by atoms with E-state index in [4.69, 9.17) is 4.43 Å². The van der Waals surface area contributed by atoms with Gasteiger partial charge in [-0.25, -0.2) is 9.78 Å². The fraction of sp³-hybridized carbons (Fsp3) is 0.476. The molecule has 11 heteroatoms. The molecule has 1 aromatic carbocycles. The molecule has 2 aromatic rings. The lowest BCUT2D eigenvalue weighted by atomic mass is 10.1. The van der Waals surface area contributed by atoms with Crippen LogP contribution in [0.3, 0.4) is 0 Å². The van der Waals surface area contributed by atoms with Crippen molar-refractivity contribution < 1.29 is 31.9 Å². The zero-order chi connectivity index (χ0) is 24.3. The molecule has 176 valence electrons. The van der Waals surface area contributed by atoms with Gasteiger partial charge in [0.25, 0.3) is 0 Å². The molecule has 0 aliphatic heterocycles. The van der Waals surface area contributed by atoms with Crippen molar-refractivity contribution >= 4 is 36.7 Å². The van der Waals surface area contributed by atoms with Gasteiger partial charge in [-0.05, 0) is 42.8 Å². The van der Waals surface area contributed by atoms with Crippen LogP contribution >= 0.6 is 11.3 Å². The number of carbonyl (C=O) groups excluding carboxylic acids is 2. The van der Waals surface area contributed by atoms with Crippen molar-refractivity contribution in [1.29, 1.82) is 0 Å². The van der Waals surface area contributed by atoms with Crippen LogP contribution in [0, 0.1) is 0 Å². The highest BCUT2D eigenvalue weighted by Gasteiger charge is 2.41. The number of hydrogen-bond donors (Lipinski definition) is 1. The fourth-order valence-corrected chi connectivity index (χ4v) is 4.33. The Balaban J connectivity index is 2.16. The van der Waals surface area contributed by atoms with Crippen molar-refractivity contribution in [2.75, 3.05) is 11.9 Å². The number of anilines is 1. The van der Waals surface area contributed by atoms with E-state index in [9.17, 15) is 22.8 Å². The van der Waals surface area contributed by atoms with E-state index in [0.717, 1.165) is 0 Å². The molecule has 0 saturated heterocycles. The third kappa shape index (κ3) is 6.55. The van der Waals surface area contributed by atoms with Crippen LogP contribution in [-0.2, 0) is 22.1 Å². The summed E-state index contributed by atoms with van der Waals surface area (Å²) in [4.78, 5) is 27.0. The van der Waals surface area contributed by atoms with E-state index >= 15 is 0 Å². The van der Waals surface area contributed by atoms with E-state index < -0.39 is 36.9 Å². The average molecular weight is 489 g/mol. The van der Waals surface area contributed by atoms with E-state index in [1.54, 1.807) is 18.2 Å². The van der Waals surface area contributed by atoms with Crippen molar-refractivity contribution in [2.45, 2.75) is 58.4 Å². The number of thiazole rings is 1. The molecule has 0 saturated carbocycles. The maximum atomic E-state index is 13.2.